The highest BCUT2D eigenvalue weighted by atomic mass is 32.2. The Kier molecular flexibility index (Phi) is 7.16. The maximum Gasteiger partial charge on any atom is 0.239 e. The molecule has 0 aliphatic carbocycles. The number of hydrogen-bond donors (Lipinski definition) is 2. The maximum atomic E-state index is 13.0. The van der Waals surface area contributed by atoms with Crippen molar-refractivity contribution < 1.29 is 9.53 Å². The molecule has 1 unspecified atom stereocenters. The van der Waals surface area contributed by atoms with Crippen molar-refractivity contribution in [3.63, 3.8) is 0 Å². The van der Waals surface area contributed by atoms with E-state index in [-0.39, 0.29) is 11.2 Å². The van der Waals surface area contributed by atoms with Gasteiger partial charge in [0.1, 0.15) is 5.75 Å². The van der Waals surface area contributed by atoms with E-state index in [0.29, 0.717) is 10.3 Å². The normalized spacial score (nSPS) is 11.7. The van der Waals surface area contributed by atoms with Gasteiger partial charge in [-0.2, -0.15) is 0 Å². The Balaban J connectivity index is 1.31. The summed E-state index contributed by atoms with van der Waals surface area (Å²) in [4.78, 5) is 25.8. The molecule has 2 N–H and O–H groups in total. The molecular weight excluding hydrogens is 488 g/mol. The van der Waals surface area contributed by atoms with Crippen LogP contribution in [0.4, 0.5) is 5.13 Å². The third-order valence-electron chi connectivity index (χ3n) is 5.57. The Morgan fingerprint density at radius 2 is 1.58 bits per heavy atom. The zero-order chi connectivity index (χ0) is 24.9. The van der Waals surface area contributed by atoms with Crippen molar-refractivity contribution in [2.75, 3.05) is 12.4 Å². The summed E-state index contributed by atoms with van der Waals surface area (Å²) in [6.07, 6.45) is 0. The van der Waals surface area contributed by atoms with Crippen molar-refractivity contribution in [2.45, 2.75) is 17.3 Å². The zero-order valence-electron chi connectivity index (χ0n) is 19.8. The van der Waals surface area contributed by atoms with Crippen LogP contribution in [0.1, 0.15) is 6.92 Å². The minimum Gasteiger partial charge on any atom is -0.497 e. The minimum atomic E-state index is -0.378. The number of nitrogens with one attached hydrogen (secondary N) is 2. The van der Waals surface area contributed by atoms with Crippen LogP contribution in [-0.4, -0.2) is 33.2 Å². The number of rotatable bonds is 8. The van der Waals surface area contributed by atoms with E-state index in [0.717, 1.165) is 39.5 Å². The van der Waals surface area contributed by atoms with Crippen molar-refractivity contribution in [1.29, 1.82) is 0 Å². The molecule has 8 heteroatoms. The molecule has 1 atom stereocenters. The molecule has 1 amide bonds. The molecule has 2 aromatic heterocycles. The number of aromatic amines is 1. The second kappa shape index (κ2) is 10.8. The summed E-state index contributed by atoms with van der Waals surface area (Å²) in [5.74, 6) is 0.659. The molecule has 3 aromatic carbocycles. The van der Waals surface area contributed by atoms with Gasteiger partial charge < -0.3 is 15.0 Å². The topological polar surface area (TPSA) is 79.9 Å². The Morgan fingerprint density at radius 1 is 0.917 bits per heavy atom. The van der Waals surface area contributed by atoms with Crippen LogP contribution in [-0.2, 0) is 4.79 Å². The van der Waals surface area contributed by atoms with E-state index in [1.807, 2.05) is 97.2 Å². The van der Waals surface area contributed by atoms with Gasteiger partial charge in [0.2, 0.25) is 5.91 Å². The van der Waals surface area contributed by atoms with E-state index in [9.17, 15) is 4.79 Å². The number of methoxy groups -OCH3 is 1. The number of benzene rings is 3. The molecule has 36 heavy (non-hydrogen) atoms. The predicted molar refractivity (Wildman–Crippen MR) is 148 cm³/mol. The lowest BCUT2D eigenvalue weighted by Gasteiger charge is -2.08. The molecule has 0 aliphatic heterocycles. The van der Waals surface area contributed by atoms with Crippen LogP contribution in [0.5, 0.6) is 5.75 Å². The van der Waals surface area contributed by atoms with Gasteiger partial charge in [0.05, 0.1) is 29.4 Å². The van der Waals surface area contributed by atoms with Crippen molar-refractivity contribution in [3.8, 4) is 39.5 Å². The first kappa shape index (κ1) is 23.8. The van der Waals surface area contributed by atoms with Gasteiger partial charge in [-0.3, -0.25) is 4.79 Å². The molecule has 0 spiro atoms. The monoisotopic (exact) mass is 512 g/mol. The summed E-state index contributed by atoms with van der Waals surface area (Å²) in [7, 11) is 1.64. The average molecular weight is 513 g/mol. The van der Waals surface area contributed by atoms with E-state index < -0.39 is 0 Å². The molecule has 0 saturated carbocycles. The molecule has 0 saturated heterocycles. The summed E-state index contributed by atoms with van der Waals surface area (Å²) in [6.45, 7) is 1.87. The van der Waals surface area contributed by atoms with E-state index in [4.69, 9.17) is 9.72 Å². The number of H-pyrrole nitrogens is 1. The van der Waals surface area contributed by atoms with E-state index >= 15 is 0 Å². The molecule has 5 rings (SSSR count). The first-order chi connectivity index (χ1) is 17.6. The van der Waals surface area contributed by atoms with E-state index in [1.54, 1.807) is 7.11 Å². The van der Waals surface area contributed by atoms with Gasteiger partial charge in [-0.05, 0) is 31.2 Å². The fourth-order valence-electron chi connectivity index (χ4n) is 3.68. The van der Waals surface area contributed by atoms with Crippen molar-refractivity contribution in [3.05, 3.63) is 90.3 Å². The summed E-state index contributed by atoms with van der Waals surface area (Å²) in [6, 6.07) is 27.8. The number of hydrogen-bond acceptors (Lipinski definition) is 6. The first-order valence-electron chi connectivity index (χ1n) is 11.4. The summed E-state index contributed by atoms with van der Waals surface area (Å²) in [5.41, 5.74) is 5.63. The number of amides is 1. The largest absolute Gasteiger partial charge is 0.497 e. The van der Waals surface area contributed by atoms with Crippen LogP contribution in [0.15, 0.2) is 95.5 Å². The number of nitrogens with zero attached hydrogens (tertiary/aromatic N) is 2. The van der Waals surface area contributed by atoms with Crippen molar-refractivity contribution >= 4 is 34.1 Å². The molecule has 0 aliphatic rings. The van der Waals surface area contributed by atoms with Gasteiger partial charge in [0, 0.05) is 22.1 Å². The number of anilines is 1. The third-order valence-corrected chi connectivity index (χ3v) is 7.31. The van der Waals surface area contributed by atoms with E-state index in [2.05, 4.69) is 15.3 Å². The molecule has 2 heterocycles. The Hall–Kier alpha value is -3.88. The van der Waals surface area contributed by atoms with Gasteiger partial charge in [-0.1, -0.05) is 72.4 Å². The van der Waals surface area contributed by atoms with Crippen LogP contribution < -0.4 is 10.1 Å². The number of aromatic nitrogens is 3. The van der Waals surface area contributed by atoms with Gasteiger partial charge in [-0.25, -0.2) is 9.97 Å². The van der Waals surface area contributed by atoms with Crippen LogP contribution >= 0.6 is 23.1 Å². The Labute approximate surface area is 217 Å². The van der Waals surface area contributed by atoms with Gasteiger partial charge >= 0.3 is 0 Å². The second-order valence-electron chi connectivity index (χ2n) is 8.01. The molecule has 0 bridgehead atoms. The lowest BCUT2D eigenvalue weighted by atomic mass is 10.1. The number of thiazole rings is 1. The highest BCUT2D eigenvalue weighted by Crippen LogP contribution is 2.34. The minimum absolute atomic E-state index is 0.130. The molecule has 0 radical (unpaired) electrons. The average Bonchev–Trinajstić information content (AvgIpc) is 3.57. The van der Waals surface area contributed by atoms with Gasteiger partial charge in [0.15, 0.2) is 10.3 Å². The van der Waals surface area contributed by atoms with Crippen molar-refractivity contribution in [2.24, 2.45) is 0 Å². The number of imidazole rings is 1. The highest BCUT2D eigenvalue weighted by Gasteiger charge is 2.21. The lowest BCUT2D eigenvalue weighted by Crippen LogP contribution is -2.22. The number of thioether (sulfide) groups is 1. The van der Waals surface area contributed by atoms with Crippen molar-refractivity contribution in [1.82, 2.24) is 15.0 Å². The fourth-order valence-corrected chi connectivity index (χ4v) is 5.21. The Morgan fingerprint density at radius 3 is 2.25 bits per heavy atom. The quantitative estimate of drug-likeness (QED) is 0.219. The van der Waals surface area contributed by atoms with Gasteiger partial charge in [-0.15, -0.1) is 11.3 Å². The van der Waals surface area contributed by atoms with Crippen LogP contribution in [0.3, 0.4) is 0 Å². The smallest absolute Gasteiger partial charge is 0.239 e. The highest BCUT2D eigenvalue weighted by molar-refractivity contribution is 8.00. The zero-order valence-corrected chi connectivity index (χ0v) is 21.4. The third kappa shape index (κ3) is 5.35. The number of carbonyl (C=O) groups is 1. The summed E-state index contributed by atoms with van der Waals surface area (Å²) < 4.78 is 5.21. The van der Waals surface area contributed by atoms with E-state index in [1.165, 1.54) is 23.1 Å². The number of ether oxygens (including phenoxy) is 1. The van der Waals surface area contributed by atoms with Crippen LogP contribution in [0, 0.1) is 0 Å². The molecule has 6 nitrogen and oxygen atoms in total. The fraction of sp³-hybridized carbons (Fsp3) is 0.107. The van der Waals surface area contributed by atoms with Crippen LogP contribution in [0.2, 0.25) is 0 Å². The Bertz CT molecular complexity index is 1390. The number of carbonyl (C=O) groups excluding carboxylic acids is 1. The molecule has 5 aromatic rings. The predicted octanol–water partition coefficient (Wildman–Crippen LogP) is 7.00. The maximum absolute atomic E-state index is 13.0. The standard InChI is InChI=1S/C28H24N4O2S2/c1-18(26(33)32-27-29-23(17-35-27)19-13-15-22(34-2)16-14-19)36-28-30-24(20-9-5-3-6-10-20)25(31-28)21-11-7-4-8-12-21/h3-18H,1-2H3,(H,30,31)(H,29,32,33). The van der Waals surface area contributed by atoms with Crippen LogP contribution in [0.25, 0.3) is 33.8 Å². The van der Waals surface area contributed by atoms with Gasteiger partial charge in [0.25, 0.3) is 0 Å². The molecule has 0 fully saturated rings. The first-order valence-corrected chi connectivity index (χ1v) is 13.1. The molecular formula is C28H24N4O2S2. The SMILES string of the molecule is COc1ccc(-c2csc(NC(=O)C(C)Sc3nc(-c4ccccc4)c(-c4ccccc4)[nH]3)n2)cc1. The summed E-state index contributed by atoms with van der Waals surface area (Å²) >= 11 is 2.79. The summed E-state index contributed by atoms with van der Waals surface area (Å²) in [5, 5.41) is 5.74. The lowest BCUT2D eigenvalue weighted by molar-refractivity contribution is -0.115. The second-order valence-corrected chi connectivity index (χ2v) is 10.2. The molecule has 180 valence electrons.